The molecule has 4 rings (SSSR count). The van der Waals surface area contributed by atoms with Gasteiger partial charge in [-0.15, -0.1) is 0 Å². The number of carbonyl (C=O) groups is 1. The number of anilines is 1. The molecule has 3 heterocycles. The molecule has 1 aliphatic rings. The van der Waals surface area contributed by atoms with Gasteiger partial charge in [-0.25, -0.2) is 4.79 Å². The van der Waals surface area contributed by atoms with Gasteiger partial charge in [-0.2, -0.15) is 4.98 Å². The molecule has 7 nitrogen and oxygen atoms in total. The Bertz CT molecular complexity index is 893. The van der Waals surface area contributed by atoms with Crippen LogP contribution in [0.4, 0.5) is 10.5 Å². The van der Waals surface area contributed by atoms with Crippen molar-refractivity contribution in [3.05, 3.63) is 59.7 Å². The Balaban J connectivity index is 1.36. The first kappa shape index (κ1) is 15.6. The molecule has 2 aromatic heterocycles. The molecule has 1 aromatic carbocycles. The number of halogens is 1. The summed E-state index contributed by atoms with van der Waals surface area (Å²) in [5.41, 5.74) is 1.51. The first-order valence-electron chi connectivity index (χ1n) is 7.74. The second-order valence-electron chi connectivity index (χ2n) is 5.73. The quantitative estimate of drug-likeness (QED) is 0.778. The normalized spacial score (nSPS) is 14.2. The van der Waals surface area contributed by atoms with Gasteiger partial charge in [0.1, 0.15) is 0 Å². The predicted molar refractivity (Wildman–Crippen MR) is 92.3 cm³/mol. The molecular weight excluding hydrogens is 342 g/mol. The summed E-state index contributed by atoms with van der Waals surface area (Å²) in [5.74, 6) is 1.12. The summed E-state index contributed by atoms with van der Waals surface area (Å²) in [5, 5.41) is 7.38. The fourth-order valence-electron chi connectivity index (χ4n) is 2.59. The standard InChI is InChI=1S/C17H14ClN5O2/c18-13-2-1-3-14(8-13)20-17(24)23-9-12(10-23)16-21-15(22-25-16)11-4-6-19-7-5-11/h1-8,12H,9-10H2,(H,20,24). The molecule has 2 amide bonds. The van der Waals surface area contributed by atoms with Crippen molar-refractivity contribution in [2.24, 2.45) is 0 Å². The number of pyridine rings is 1. The second kappa shape index (κ2) is 6.52. The predicted octanol–water partition coefficient (Wildman–Crippen LogP) is 3.42. The molecule has 1 aliphatic heterocycles. The number of hydrogen-bond acceptors (Lipinski definition) is 5. The highest BCUT2D eigenvalue weighted by Gasteiger charge is 2.35. The molecule has 8 heteroatoms. The third-order valence-corrected chi connectivity index (χ3v) is 4.21. The molecule has 0 radical (unpaired) electrons. The van der Waals surface area contributed by atoms with Crippen molar-refractivity contribution in [2.45, 2.75) is 5.92 Å². The van der Waals surface area contributed by atoms with E-state index in [1.807, 2.05) is 12.1 Å². The van der Waals surface area contributed by atoms with Crippen LogP contribution in [0.5, 0.6) is 0 Å². The number of rotatable bonds is 3. The fraction of sp³-hybridized carbons (Fsp3) is 0.176. The highest BCUT2D eigenvalue weighted by Crippen LogP contribution is 2.28. The molecule has 3 aromatic rings. The third kappa shape index (κ3) is 3.32. The summed E-state index contributed by atoms with van der Waals surface area (Å²) in [6.07, 6.45) is 3.35. The minimum absolute atomic E-state index is 0.0493. The van der Waals surface area contributed by atoms with E-state index in [4.69, 9.17) is 16.1 Å². The van der Waals surface area contributed by atoms with E-state index in [1.165, 1.54) is 0 Å². The minimum atomic E-state index is -0.174. The molecule has 0 atom stereocenters. The van der Waals surface area contributed by atoms with Crippen molar-refractivity contribution in [3.63, 3.8) is 0 Å². The van der Waals surface area contributed by atoms with E-state index >= 15 is 0 Å². The number of benzene rings is 1. The number of urea groups is 1. The van der Waals surface area contributed by atoms with Gasteiger partial charge in [-0.3, -0.25) is 4.98 Å². The molecule has 1 N–H and O–H groups in total. The van der Waals surface area contributed by atoms with Gasteiger partial charge in [0.15, 0.2) is 0 Å². The van der Waals surface area contributed by atoms with Gasteiger partial charge in [0.05, 0.1) is 5.92 Å². The molecule has 0 spiro atoms. The van der Waals surface area contributed by atoms with Crippen LogP contribution in [-0.2, 0) is 0 Å². The first-order valence-corrected chi connectivity index (χ1v) is 8.12. The van der Waals surface area contributed by atoms with Crippen molar-refractivity contribution in [3.8, 4) is 11.4 Å². The fourth-order valence-corrected chi connectivity index (χ4v) is 2.78. The molecule has 0 aliphatic carbocycles. The zero-order chi connectivity index (χ0) is 17.2. The zero-order valence-corrected chi connectivity index (χ0v) is 13.8. The SMILES string of the molecule is O=C(Nc1cccc(Cl)c1)N1CC(c2nc(-c3ccncc3)no2)C1. The number of carbonyl (C=O) groups excluding carboxylic acids is 1. The smallest absolute Gasteiger partial charge is 0.321 e. The molecule has 1 saturated heterocycles. The Morgan fingerprint density at radius 3 is 2.80 bits per heavy atom. The Morgan fingerprint density at radius 1 is 1.24 bits per heavy atom. The number of aromatic nitrogens is 3. The van der Waals surface area contributed by atoms with E-state index in [9.17, 15) is 4.79 Å². The van der Waals surface area contributed by atoms with Gasteiger partial charge in [-0.05, 0) is 30.3 Å². The van der Waals surface area contributed by atoms with Crippen molar-refractivity contribution < 1.29 is 9.32 Å². The number of likely N-dealkylation sites (tertiary alicyclic amines) is 1. The summed E-state index contributed by atoms with van der Waals surface area (Å²) >= 11 is 5.92. The van der Waals surface area contributed by atoms with E-state index in [-0.39, 0.29) is 11.9 Å². The Kier molecular flexibility index (Phi) is 4.07. The van der Waals surface area contributed by atoms with Gasteiger partial charge < -0.3 is 14.7 Å². The number of nitrogens with one attached hydrogen (secondary N) is 1. The maximum atomic E-state index is 12.2. The van der Waals surface area contributed by atoms with Crippen LogP contribution in [0.1, 0.15) is 11.8 Å². The van der Waals surface area contributed by atoms with E-state index in [2.05, 4.69) is 20.4 Å². The van der Waals surface area contributed by atoms with Crippen LogP contribution in [0.15, 0.2) is 53.3 Å². The van der Waals surface area contributed by atoms with Crippen LogP contribution < -0.4 is 5.32 Å². The topological polar surface area (TPSA) is 84.2 Å². The van der Waals surface area contributed by atoms with Crippen molar-refractivity contribution in [1.29, 1.82) is 0 Å². The molecule has 126 valence electrons. The summed E-state index contributed by atoms with van der Waals surface area (Å²) in [6, 6.07) is 10.5. The van der Waals surface area contributed by atoms with Crippen LogP contribution in [0, 0.1) is 0 Å². The van der Waals surface area contributed by atoms with E-state index < -0.39 is 0 Å². The average Bonchev–Trinajstić information content (AvgIpc) is 3.04. The van der Waals surface area contributed by atoms with Crippen molar-refractivity contribution >= 4 is 23.3 Å². The second-order valence-corrected chi connectivity index (χ2v) is 6.17. The largest absolute Gasteiger partial charge is 0.339 e. The lowest BCUT2D eigenvalue weighted by Crippen LogP contribution is -2.50. The number of amides is 2. The lowest BCUT2D eigenvalue weighted by Gasteiger charge is -2.36. The molecular formula is C17H14ClN5O2. The third-order valence-electron chi connectivity index (χ3n) is 3.97. The van der Waals surface area contributed by atoms with Crippen LogP contribution in [-0.4, -0.2) is 39.1 Å². The van der Waals surface area contributed by atoms with E-state index in [0.29, 0.717) is 35.5 Å². The lowest BCUT2D eigenvalue weighted by atomic mass is 10.0. The maximum Gasteiger partial charge on any atom is 0.321 e. The zero-order valence-electron chi connectivity index (χ0n) is 13.1. The lowest BCUT2D eigenvalue weighted by molar-refractivity contribution is 0.147. The van der Waals surface area contributed by atoms with Crippen LogP contribution >= 0.6 is 11.6 Å². The maximum absolute atomic E-state index is 12.2. The molecule has 25 heavy (non-hydrogen) atoms. The van der Waals surface area contributed by atoms with Gasteiger partial charge in [0, 0.05) is 41.8 Å². The monoisotopic (exact) mass is 355 g/mol. The Labute approximate surface area is 148 Å². The molecule has 0 bridgehead atoms. The van der Waals surface area contributed by atoms with E-state index in [0.717, 1.165) is 5.56 Å². The Morgan fingerprint density at radius 2 is 2.04 bits per heavy atom. The summed E-state index contributed by atoms with van der Waals surface area (Å²) in [4.78, 5) is 22.3. The summed E-state index contributed by atoms with van der Waals surface area (Å²) < 4.78 is 5.33. The van der Waals surface area contributed by atoms with Crippen LogP contribution in [0.2, 0.25) is 5.02 Å². The first-order chi connectivity index (χ1) is 12.2. The van der Waals surface area contributed by atoms with Crippen molar-refractivity contribution in [2.75, 3.05) is 18.4 Å². The van der Waals surface area contributed by atoms with E-state index in [1.54, 1.807) is 41.6 Å². The van der Waals surface area contributed by atoms with Gasteiger partial charge in [0.2, 0.25) is 11.7 Å². The minimum Gasteiger partial charge on any atom is -0.339 e. The van der Waals surface area contributed by atoms with Crippen LogP contribution in [0.3, 0.4) is 0 Å². The number of nitrogens with zero attached hydrogens (tertiary/aromatic N) is 4. The highest BCUT2D eigenvalue weighted by atomic mass is 35.5. The highest BCUT2D eigenvalue weighted by molar-refractivity contribution is 6.30. The Hall–Kier alpha value is -2.93. The van der Waals surface area contributed by atoms with Crippen LogP contribution in [0.25, 0.3) is 11.4 Å². The van der Waals surface area contributed by atoms with Crippen molar-refractivity contribution in [1.82, 2.24) is 20.0 Å². The van der Waals surface area contributed by atoms with Gasteiger partial charge in [0.25, 0.3) is 0 Å². The summed E-state index contributed by atoms with van der Waals surface area (Å²) in [7, 11) is 0. The molecule has 1 fully saturated rings. The molecule has 0 unspecified atom stereocenters. The average molecular weight is 356 g/mol. The summed E-state index contributed by atoms with van der Waals surface area (Å²) in [6.45, 7) is 1.06. The van der Waals surface area contributed by atoms with Gasteiger partial charge in [-0.1, -0.05) is 22.8 Å². The molecule has 0 saturated carbocycles. The number of hydrogen-bond donors (Lipinski definition) is 1. The van der Waals surface area contributed by atoms with Gasteiger partial charge >= 0.3 is 6.03 Å².